The van der Waals surface area contributed by atoms with Crippen molar-refractivity contribution in [1.82, 2.24) is 20.3 Å². The van der Waals surface area contributed by atoms with E-state index in [9.17, 15) is 38.5 Å². The van der Waals surface area contributed by atoms with Gasteiger partial charge in [-0.05, 0) is 43.3 Å². The minimum absolute atomic E-state index is 0.0719. The van der Waals surface area contributed by atoms with Gasteiger partial charge in [-0.25, -0.2) is 17.9 Å². The number of hydrogen-bond acceptors (Lipinski definition) is 10. The van der Waals surface area contributed by atoms with Gasteiger partial charge in [0.15, 0.2) is 23.6 Å². The lowest BCUT2D eigenvalue weighted by molar-refractivity contribution is -0.211. The summed E-state index contributed by atoms with van der Waals surface area (Å²) in [4.78, 5) is 15.8. The molecule has 234 valence electrons. The predicted octanol–water partition coefficient (Wildman–Crippen LogP) is 1.43. The molecule has 3 heterocycles. The van der Waals surface area contributed by atoms with E-state index >= 15 is 0 Å². The zero-order valence-electron chi connectivity index (χ0n) is 23.1. The van der Waals surface area contributed by atoms with E-state index in [-0.39, 0.29) is 29.1 Å². The molecule has 2 aliphatic heterocycles. The Labute approximate surface area is 257 Å². The summed E-state index contributed by atoms with van der Waals surface area (Å²) in [5, 5.41) is 52.7. The fourth-order valence-corrected chi connectivity index (χ4v) is 6.13. The number of nitrogens with zero attached hydrogens (tertiary/aromatic N) is 5. The lowest BCUT2D eigenvalue weighted by atomic mass is 9.90. The maximum Gasteiger partial charge on any atom is 0.259 e. The monoisotopic (exact) mass is 680 g/mol. The molecule has 1 aromatic heterocycles. The highest BCUT2D eigenvalue weighted by Gasteiger charge is 2.52. The molecular formula is C28H28BrF3N6O6. The standard InChI is InChI=1S/C28H28BrF3N6O6/c1-43-26-24(37-11-19(35-36-37)14-6-17(30)23(32)18(31)7-14)25(41)22(12-39)44-27(26)28(42)38(20-2-3-34-10-21(20)40)16-5-13(9-33)4-15(29)8-16/h4-8,11,20-22,24-27,34,39-41H,2-3,10,12H2,1H3/t20-,21-,22+,24-,25-,26+,27+/m0/s1. The van der Waals surface area contributed by atoms with Crippen LogP contribution in [-0.2, 0) is 14.3 Å². The number of anilines is 1. The quantitative estimate of drug-likeness (QED) is 0.268. The Morgan fingerprint density at radius 2 is 1.98 bits per heavy atom. The lowest BCUT2D eigenvalue weighted by Gasteiger charge is -2.46. The van der Waals surface area contributed by atoms with E-state index < -0.39 is 72.6 Å². The number of aliphatic hydroxyl groups is 3. The summed E-state index contributed by atoms with van der Waals surface area (Å²) in [5.41, 5.74) is 0.326. The van der Waals surface area contributed by atoms with Crippen LogP contribution in [0, 0.1) is 28.8 Å². The number of ether oxygens (including phenoxy) is 2. The molecule has 2 saturated heterocycles. The maximum atomic E-state index is 14.5. The lowest BCUT2D eigenvalue weighted by Crippen LogP contribution is -2.64. The number of hydrogen-bond donors (Lipinski definition) is 4. The van der Waals surface area contributed by atoms with Gasteiger partial charge < -0.3 is 35.0 Å². The van der Waals surface area contributed by atoms with Crippen LogP contribution in [-0.4, -0.2) is 99.6 Å². The molecule has 2 fully saturated rings. The SMILES string of the molecule is CO[C@@H]1[C@@H](n2cc(-c3cc(F)c(F)c(F)c3)nn2)[C@@H](O)[C@@H](CO)O[C@H]1C(=O)N(c1cc(Br)cc(C#N)c1)[C@H]1CCNC[C@@H]1O. The van der Waals surface area contributed by atoms with E-state index in [4.69, 9.17) is 9.47 Å². The van der Waals surface area contributed by atoms with E-state index in [0.29, 0.717) is 17.4 Å². The van der Waals surface area contributed by atoms with Crippen LogP contribution in [0.1, 0.15) is 18.0 Å². The molecule has 3 aromatic rings. The van der Waals surface area contributed by atoms with E-state index in [0.717, 1.165) is 16.8 Å². The zero-order chi connectivity index (χ0) is 31.7. The largest absolute Gasteiger partial charge is 0.394 e. The summed E-state index contributed by atoms with van der Waals surface area (Å²) in [6, 6.07) is 6.22. The third-order valence-electron chi connectivity index (χ3n) is 7.75. The first-order valence-corrected chi connectivity index (χ1v) is 14.3. The Balaban J connectivity index is 1.56. The van der Waals surface area contributed by atoms with Crippen molar-refractivity contribution < 1.29 is 42.8 Å². The van der Waals surface area contributed by atoms with Crippen molar-refractivity contribution >= 4 is 27.5 Å². The number of β-amino-alcohol motifs (C(OH)–C–C–N with tert-alkyl or cyclic N) is 1. The third-order valence-corrected chi connectivity index (χ3v) is 8.21. The van der Waals surface area contributed by atoms with E-state index in [2.05, 4.69) is 31.6 Å². The van der Waals surface area contributed by atoms with E-state index in [1.165, 1.54) is 24.3 Å². The van der Waals surface area contributed by atoms with Crippen LogP contribution in [0.5, 0.6) is 0 Å². The summed E-state index contributed by atoms with van der Waals surface area (Å²) >= 11 is 3.36. The number of piperidine rings is 1. The van der Waals surface area contributed by atoms with Crippen LogP contribution in [0.25, 0.3) is 11.3 Å². The molecule has 2 aromatic carbocycles. The van der Waals surface area contributed by atoms with Crippen LogP contribution in [0.15, 0.2) is 41.0 Å². The average molecular weight is 681 g/mol. The second-order valence-electron chi connectivity index (χ2n) is 10.4. The number of carbonyl (C=O) groups is 1. The maximum absolute atomic E-state index is 14.5. The molecule has 1 amide bonds. The molecule has 0 radical (unpaired) electrons. The van der Waals surface area contributed by atoms with Gasteiger partial charge in [0.25, 0.3) is 5.91 Å². The van der Waals surface area contributed by atoms with Crippen LogP contribution in [0.4, 0.5) is 18.9 Å². The van der Waals surface area contributed by atoms with Gasteiger partial charge in [-0.15, -0.1) is 5.10 Å². The number of aromatic nitrogens is 3. The molecule has 0 unspecified atom stereocenters. The predicted molar refractivity (Wildman–Crippen MR) is 151 cm³/mol. The molecule has 12 nitrogen and oxygen atoms in total. The highest BCUT2D eigenvalue weighted by molar-refractivity contribution is 9.10. The number of benzene rings is 2. The van der Waals surface area contributed by atoms with Crippen LogP contribution >= 0.6 is 15.9 Å². The Bertz CT molecular complexity index is 1550. The van der Waals surface area contributed by atoms with Gasteiger partial charge in [-0.3, -0.25) is 4.79 Å². The Morgan fingerprint density at radius 1 is 1.25 bits per heavy atom. The van der Waals surface area contributed by atoms with Crippen molar-refractivity contribution in [3.05, 3.63) is 64.0 Å². The van der Waals surface area contributed by atoms with Crippen molar-refractivity contribution in [2.24, 2.45) is 0 Å². The molecule has 44 heavy (non-hydrogen) atoms. The van der Waals surface area contributed by atoms with Gasteiger partial charge in [0.05, 0.1) is 36.6 Å². The minimum atomic E-state index is -1.65. The molecule has 16 heteroatoms. The van der Waals surface area contributed by atoms with Gasteiger partial charge in [0, 0.05) is 29.4 Å². The second-order valence-corrected chi connectivity index (χ2v) is 11.4. The van der Waals surface area contributed by atoms with Crippen molar-refractivity contribution in [3.8, 4) is 17.3 Å². The number of carbonyl (C=O) groups excluding carboxylic acids is 1. The second kappa shape index (κ2) is 13.3. The number of aliphatic hydroxyl groups excluding tert-OH is 3. The topological polar surface area (TPSA) is 166 Å². The summed E-state index contributed by atoms with van der Waals surface area (Å²) in [7, 11) is 1.27. The number of halogens is 4. The average Bonchev–Trinajstić information content (AvgIpc) is 3.50. The van der Waals surface area contributed by atoms with Gasteiger partial charge in [0.1, 0.15) is 30.0 Å². The van der Waals surface area contributed by atoms with Gasteiger partial charge in [-0.2, -0.15) is 5.26 Å². The molecule has 4 N–H and O–H groups in total. The van der Waals surface area contributed by atoms with Crippen molar-refractivity contribution in [2.75, 3.05) is 31.7 Å². The van der Waals surface area contributed by atoms with Crippen molar-refractivity contribution in [1.29, 1.82) is 5.26 Å². The fourth-order valence-electron chi connectivity index (χ4n) is 5.64. The number of methoxy groups -OCH3 is 1. The highest BCUT2D eigenvalue weighted by Crippen LogP contribution is 2.36. The van der Waals surface area contributed by atoms with Gasteiger partial charge in [0.2, 0.25) is 0 Å². The normalized spacial score (nSPS) is 27.1. The van der Waals surface area contributed by atoms with Crippen LogP contribution in [0.3, 0.4) is 0 Å². The molecular weight excluding hydrogens is 653 g/mol. The molecule has 7 atom stereocenters. The van der Waals surface area contributed by atoms with E-state index in [1.807, 2.05) is 6.07 Å². The summed E-state index contributed by atoms with van der Waals surface area (Å²) < 4.78 is 54.6. The minimum Gasteiger partial charge on any atom is -0.394 e. The third kappa shape index (κ3) is 6.09. The Morgan fingerprint density at radius 3 is 2.61 bits per heavy atom. The van der Waals surface area contributed by atoms with Gasteiger partial charge >= 0.3 is 0 Å². The van der Waals surface area contributed by atoms with Crippen LogP contribution < -0.4 is 10.2 Å². The van der Waals surface area contributed by atoms with Crippen LogP contribution in [0.2, 0.25) is 0 Å². The number of amides is 1. The van der Waals surface area contributed by atoms with Gasteiger partial charge in [-0.1, -0.05) is 21.1 Å². The zero-order valence-corrected chi connectivity index (χ0v) is 24.7. The fraction of sp³-hybridized carbons (Fsp3) is 0.429. The molecule has 0 aliphatic carbocycles. The number of nitriles is 1. The molecule has 0 spiro atoms. The summed E-state index contributed by atoms with van der Waals surface area (Å²) in [5.74, 6) is -5.21. The highest BCUT2D eigenvalue weighted by atomic mass is 79.9. The number of rotatable bonds is 7. The molecule has 0 saturated carbocycles. The van der Waals surface area contributed by atoms with Crippen molar-refractivity contribution in [3.63, 3.8) is 0 Å². The number of nitrogens with one attached hydrogen (secondary N) is 1. The molecule has 2 aliphatic rings. The summed E-state index contributed by atoms with van der Waals surface area (Å²) in [6.07, 6.45) is -4.98. The first kappa shape index (κ1) is 32.0. The summed E-state index contributed by atoms with van der Waals surface area (Å²) in [6.45, 7) is -0.0320. The molecule has 0 bridgehead atoms. The first-order valence-electron chi connectivity index (χ1n) is 13.5. The molecule has 5 rings (SSSR count). The smallest absolute Gasteiger partial charge is 0.259 e. The Hall–Kier alpha value is -3.43. The Kier molecular flexibility index (Phi) is 9.65. The van der Waals surface area contributed by atoms with E-state index in [1.54, 1.807) is 12.1 Å². The van der Waals surface area contributed by atoms with Crippen molar-refractivity contribution in [2.45, 2.75) is 49.0 Å². The first-order chi connectivity index (χ1) is 21.1.